The van der Waals surface area contributed by atoms with Gasteiger partial charge in [-0.05, 0) is 61.5 Å². The highest BCUT2D eigenvalue weighted by atomic mass is 32.2. The smallest absolute Gasteiger partial charge is 0.230 e. The molecule has 0 spiro atoms. The van der Waals surface area contributed by atoms with Crippen LogP contribution in [-0.2, 0) is 17.8 Å². The summed E-state index contributed by atoms with van der Waals surface area (Å²) in [6, 6.07) is 12.6. The SMILES string of the molecule is COc1ccc([C@@H](CNC(=O)CSc2nncn2CCc2cccs2)N2CCCCC2)cc1. The highest BCUT2D eigenvalue weighted by molar-refractivity contribution is 7.99. The number of methoxy groups -OCH3 is 1. The summed E-state index contributed by atoms with van der Waals surface area (Å²) in [5.74, 6) is 1.19. The molecule has 1 saturated heterocycles. The van der Waals surface area contributed by atoms with Gasteiger partial charge in [-0.1, -0.05) is 36.4 Å². The van der Waals surface area contributed by atoms with Gasteiger partial charge in [0.15, 0.2) is 5.16 Å². The number of nitrogens with one attached hydrogen (secondary N) is 1. The van der Waals surface area contributed by atoms with Crippen LogP contribution in [0.2, 0.25) is 0 Å². The van der Waals surface area contributed by atoms with Crippen molar-refractivity contribution < 1.29 is 9.53 Å². The molecule has 0 unspecified atom stereocenters. The quantitative estimate of drug-likeness (QED) is 0.414. The number of amides is 1. The lowest BCUT2D eigenvalue weighted by Gasteiger charge is -2.35. The van der Waals surface area contributed by atoms with Crippen molar-refractivity contribution >= 4 is 29.0 Å². The van der Waals surface area contributed by atoms with Crippen LogP contribution < -0.4 is 10.1 Å². The van der Waals surface area contributed by atoms with Gasteiger partial charge in [-0.2, -0.15) is 0 Å². The molecule has 1 N–H and O–H groups in total. The Labute approximate surface area is 203 Å². The lowest BCUT2D eigenvalue weighted by atomic mass is 10.0. The maximum Gasteiger partial charge on any atom is 0.230 e. The summed E-state index contributed by atoms with van der Waals surface area (Å²) in [5.41, 5.74) is 1.21. The second kappa shape index (κ2) is 12.2. The van der Waals surface area contributed by atoms with Gasteiger partial charge in [0.1, 0.15) is 12.1 Å². The van der Waals surface area contributed by atoms with Gasteiger partial charge in [0.05, 0.1) is 18.9 Å². The Bertz CT molecular complexity index is 985. The third-order valence-corrected chi connectivity index (χ3v) is 7.83. The molecule has 1 atom stereocenters. The van der Waals surface area contributed by atoms with Gasteiger partial charge in [0, 0.05) is 18.0 Å². The van der Waals surface area contributed by atoms with E-state index in [0.29, 0.717) is 12.3 Å². The van der Waals surface area contributed by atoms with Crippen LogP contribution in [0.3, 0.4) is 0 Å². The highest BCUT2D eigenvalue weighted by Gasteiger charge is 2.23. The van der Waals surface area contributed by atoms with Crippen molar-refractivity contribution in [3.63, 3.8) is 0 Å². The molecular formula is C24H31N5O2S2. The summed E-state index contributed by atoms with van der Waals surface area (Å²) in [6.07, 6.45) is 6.37. The van der Waals surface area contributed by atoms with Crippen molar-refractivity contribution in [2.24, 2.45) is 0 Å². The third kappa shape index (κ3) is 6.82. The fourth-order valence-corrected chi connectivity index (χ4v) is 5.57. The summed E-state index contributed by atoms with van der Waals surface area (Å²) in [5, 5.41) is 14.3. The lowest BCUT2D eigenvalue weighted by Crippen LogP contribution is -2.41. The fraction of sp³-hybridized carbons (Fsp3) is 0.458. The first-order chi connectivity index (χ1) is 16.2. The first kappa shape index (κ1) is 23.8. The molecule has 7 nitrogen and oxygen atoms in total. The van der Waals surface area contributed by atoms with Crippen LogP contribution in [0.1, 0.15) is 35.7 Å². The van der Waals surface area contributed by atoms with E-state index in [1.807, 2.05) is 16.7 Å². The van der Waals surface area contributed by atoms with Gasteiger partial charge in [0.2, 0.25) is 5.91 Å². The van der Waals surface area contributed by atoms with Crippen LogP contribution >= 0.6 is 23.1 Å². The van der Waals surface area contributed by atoms with Crippen molar-refractivity contribution in [1.29, 1.82) is 0 Å². The van der Waals surface area contributed by atoms with Crippen LogP contribution in [0.15, 0.2) is 53.3 Å². The topological polar surface area (TPSA) is 72.3 Å². The van der Waals surface area contributed by atoms with E-state index in [2.05, 4.69) is 50.1 Å². The van der Waals surface area contributed by atoms with Gasteiger partial charge in [0.25, 0.3) is 0 Å². The maximum absolute atomic E-state index is 12.7. The number of piperidine rings is 1. The zero-order valence-corrected chi connectivity index (χ0v) is 20.6. The Morgan fingerprint density at radius 3 is 2.76 bits per heavy atom. The number of aryl methyl sites for hydroxylation is 2. The zero-order chi connectivity index (χ0) is 22.9. The molecule has 1 fully saturated rings. The van der Waals surface area contributed by atoms with Crippen LogP contribution in [0.4, 0.5) is 0 Å². The summed E-state index contributed by atoms with van der Waals surface area (Å²) >= 11 is 3.19. The van der Waals surface area contributed by atoms with Crippen LogP contribution in [0, 0.1) is 0 Å². The number of hydrogen-bond donors (Lipinski definition) is 1. The van der Waals surface area contributed by atoms with Gasteiger partial charge in [-0.3, -0.25) is 9.69 Å². The standard InChI is InChI=1S/C24H31N5O2S2/c1-31-20-9-7-19(8-10-20)22(28-12-3-2-4-13-28)16-25-23(30)17-33-24-27-26-18-29(24)14-11-21-6-5-15-32-21/h5-10,15,18,22H,2-4,11-14,16-17H2,1H3,(H,25,30)/t22-/m1/s1. The second-order valence-corrected chi connectivity index (χ2v) is 10.1. The minimum absolute atomic E-state index is 0.0170. The van der Waals surface area contributed by atoms with Gasteiger partial charge >= 0.3 is 0 Å². The Morgan fingerprint density at radius 2 is 2.03 bits per heavy atom. The Hall–Kier alpha value is -2.36. The fourth-order valence-electron chi connectivity index (χ4n) is 4.10. The van der Waals surface area contributed by atoms with E-state index >= 15 is 0 Å². The highest BCUT2D eigenvalue weighted by Crippen LogP contribution is 2.26. The Balaban J connectivity index is 1.30. The molecule has 1 aliphatic heterocycles. The van der Waals surface area contributed by atoms with E-state index in [-0.39, 0.29) is 11.9 Å². The minimum atomic E-state index is 0.0170. The molecule has 1 aliphatic rings. The number of carbonyl (C=O) groups is 1. The summed E-state index contributed by atoms with van der Waals surface area (Å²) in [4.78, 5) is 16.5. The van der Waals surface area contributed by atoms with E-state index in [1.165, 1.54) is 41.5 Å². The molecule has 0 bridgehead atoms. The van der Waals surface area contributed by atoms with Crippen molar-refractivity contribution in [3.8, 4) is 5.75 Å². The number of benzene rings is 1. The van der Waals surface area contributed by atoms with E-state index in [1.54, 1.807) is 24.8 Å². The molecule has 3 heterocycles. The lowest BCUT2D eigenvalue weighted by molar-refractivity contribution is -0.118. The molecule has 0 radical (unpaired) electrons. The van der Waals surface area contributed by atoms with Crippen LogP contribution in [0.5, 0.6) is 5.75 Å². The first-order valence-corrected chi connectivity index (χ1v) is 13.3. The van der Waals surface area contributed by atoms with Gasteiger partial charge < -0.3 is 14.6 Å². The average Bonchev–Trinajstić information content (AvgIpc) is 3.54. The number of nitrogens with zero attached hydrogens (tertiary/aromatic N) is 4. The average molecular weight is 486 g/mol. The number of ether oxygens (including phenoxy) is 1. The van der Waals surface area contributed by atoms with Crippen molar-refractivity contribution in [1.82, 2.24) is 25.0 Å². The summed E-state index contributed by atoms with van der Waals surface area (Å²) in [7, 11) is 1.68. The monoisotopic (exact) mass is 485 g/mol. The molecule has 2 aromatic heterocycles. The molecular weight excluding hydrogens is 454 g/mol. The Kier molecular flexibility index (Phi) is 8.79. The normalized spacial score (nSPS) is 15.3. The molecule has 3 aromatic rings. The van der Waals surface area contributed by atoms with Crippen molar-refractivity contribution in [3.05, 3.63) is 58.5 Å². The van der Waals surface area contributed by atoms with Crippen LogP contribution in [0.25, 0.3) is 0 Å². The number of carbonyl (C=O) groups excluding carboxylic acids is 1. The minimum Gasteiger partial charge on any atom is -0.497 e. The first-order valence-electron chi connectivity index (χ1n) is 11.4. The molecule has 1 aromatic carbocycles. The molecule has 0 aliphatic carbocycles. The molecule has 0 saturated carbocycles. The maximum atomic E-state index is 12.7. The largest absolute Gasteiger partial charge is 0.497 e. The number of likely N-dealkylation sites (tertiary alicyclic amines) is 1. The molecule has 9 heteroatoms. The van der Waals surface area contributed by atoms with E-state index in [9.17, 15) is 4.79 Å². The predicted molar refractivity (Wildman–Crippen MR) is 133 cm³/mol. The molecule has 176 valence electrons. The second-order valence-electron chi connectivity index (χ2n) is 8.11. The van der Waals surface area contributed by atoms with Gasteiger partial charge in [-0.25, -0.2) is 0 Å². The number of hydrogen-bond acceptors (Lipinski definition) is 7. The zero-order valence-electron chi connectivity index (χ0n) is 19.0. The van der Waals surface area contributed by atoms with Crippen molar-refractivity contribution in [2.75, 3.05) is 32.5 Å². The van der Waals surface area contributed by atoms with Gasteiger partial charge in [-0.15, -0.1) is 21.5 Å². The molecule has 33 heavy (non-hydrogen) atoms. The van der Waals surface area contributed by atoms with Crippen LogP contribution in [-0.4, -0.2) is 58.1 Å². The van der Waals surface area contributed by atoms with Crippen molar-refractivity contribution in [2.45, 2.75) is 43.4 Å². The van der Waals surface area contributed by atoms with E-state index in [0.717, 1.165) is 37.0 Å². The molecule has 1 amide bonds. The summed E-state index contributed by atoms with van der Waals surface area (Å²) < 4.78 is 7.33. The predicted octanol–water partition coefficient (Wildman–Crippen LogP) is 4.03. The number of thioether (sulfide) groups is 1. The number of thiophene rings is 1. The Morgan fingerprint density at radius 1 is 1.21 bits per heavy atom. The molecule has 4 rings (SSSR count). The number of aromatic nitrogens is 3. The number of rotatable bonds is 11. The summed E-state index contributed by atoms with van der Waals surface area (Å²) in [6.45, 7) is 3.53. The van der Waals surface area contributed by atoms with E-state index in [4.69, 9.17) is 4.74 Å². The van der Waals surface area contributed by atoms with E-state index < -0.39 is 0 Å². The third-order valence-electron chi connectivity index (χ3n) is 5.92.